The Balaban J connectivity index is 1.56. The van der Waals surface area contributed by atoms with Crippen LogP contribution in [-0.2, 0) is 12.0 Å². The number of nitrogen functional groups attached to an aromatic ring is 1. The van der Waals surface area contributed by atoms with E-state index < -0.39 is 5.60 Å². The quantitative estimate of drug-likeness (QED) is 0.262. The van der Waals surface area contributed by atoms with Gasteiger partial charge in [0.25, 0.3) is 5.89 Å². The zero-order valence-electron chi connectivity index (χ0n) is 20.0. The fourth-order valence-electron chi connectivity index (χ4n) is 3.93. The highest BCUT2D eigenvalue weighted by Gasteiger charge is 2.29. The Labute approximate surface area is 189 Å². The van der Waals surface area contributed by atoms with Crippen LogP contribution in [0.4, 0.5) is 6.01 Å². The van der Waals surface area contributed by atoms with E-state index in [-0.39, 0.29) is 6.01 Å². The molecule has 0 spiro atoms. The van der Waals surface area contributed by atoms with Gasteiger partial charge in [-0.15, -0.1) is 5.10 Å². The normalized spacial score (nSPS) is 11.7. The summed E-state index contributed by atoms with van der Waals surface area (Å²) in [7, 11) is 0. The maximum atomic E-state index is 6.11. The van der Waals surface area contributed by atoms with Gasteiger partial charge < -0.3 is 14.9 Å². The van der Waals surface area contributed by atoms with Gasteiger partial charge in [0.15, 0.2) is 5.60 Å². The number of rotatable bonds is 17. The molecule has 1 aromatic heterocycles. The van der Waals surface area contributed by atoms with Crippen LogP contribution in [0.15, 0.2) is 28.7 Å². The van der Waals surface area contributed by atoms with Gasteiger partial charge in [-0.25, -0.2) is 0 Å². The molecule has 0 aliphatic heterocycles. The lowest BCUT2D eigenvalue weighted by Gasteiger charge is -2.22. The highest BCUT2D eigenvalue weighted by molar-refractivity contribution is 5.29. The first-order valence-electron chi connectivity index (χ1n) is 12.4. The molecule has 0 fully saturated rings. The van der Waals surface area contributed by atoms with Gasteiger partial charge in [0.2, 0.25) is 0 Å². The van der Waals surface area contributed by atoms with E-state index in [4.69, 9.17) is 14.9 Å². The second-order valence-electron chi connectivity index (χ2n) is 9.20. The van der Waals surface area contributed by atoms with Crippen molar-refractivity contribution in [2.75, 3.05) is 5.73 Å². The Hall–Kier alpha value is -2.04. The van der Waals surface area contributed by atoms with Crippen molar-refractivity contribution >= 4 is 6.01 Å². The summed E-state index contributed by atoms with van der Waals surface area (Å²) >= 11 is 0. The van der Waals surface area contributed by atoms with Crippen LogP contribution in [-0.4, -0.2) is 10.2 Å². The zero-order valence-corrected chi connectivity index (χ0v) is 20.0. The minimum atomic E-state index is -0.723. The number of nitrogens with two attached hydrogens (primary N) is 1. The summed E-state index contributed by atoms with van der Waals surface area (Å²) in [4.78, 5) is 0. The molecule has 0 unspecified atom stereocenters. The maximum Gasteiger partial charge on any atom is 0.312 e. The van der Waals surface area contributed by atoms with Gasteiger partial charge in [-0.05, 0) is 44.4 Å². The Bertz CT molecular complexity index is 727. The second kappa shape index (κ2) is 14.1. The van der Waals surface area contributed by atoms with Crippen LogP contribution in [0.5, 0.6) is 5.75 Å². The predicted octanol–water partition coefficient (Wildman–Crippen LogP) is 7.60. The van der Waals surface area contributed by atoms with Gasteiger partial charge in [-0.3, -0.25) is 0 Å². The van der Waals surface area contributed by atoms with Gasteiger partial charge in [-0.1, -0.05) is 101 Å². The summed E-state index contributed by atoms with van der Waals surface area (Å²) in [5.41, 5.74) is 6.12. The van der Waals surface area contributed by atoms with Gasteiger partial charge in [0.1, 0.15) is 5.75 Å². The van der Waals surface area contributed by atoms with Crippen molar-refractivity contribution in [1.82, 2.24) is 10.2 Å². The van der Waals surface area contributed by atoms with Crippen LogP contribution in [0.25, 0.3) is 0 Å². The lowest BCUT2D eigenvalue weighted by molar-refractivity contribution is 0.0771. The van der Waals surface area contributed by atoms with Crippen molar-refractivity contribution in [3.63, 3.8) is 0 Å². The molecule has 0 amide bonds. The molecule has 0 saturated carbocycles. The van der Waals surface area contributed by atoms with Gasteiger partial charge >= 0.3 is 6.01 Å². The van der Waals surface area contributed by atoms with E-state index in [1.807, 2.05) is 26.0 Å². The molecule has 0 aliphatic rings. The summed E-state index contributed by atoms with van der Waals surface area (Å²) in [6.07, 6.45) is 19.0. The molecule has 0 atom stereocenters. The first-order valence-corrected chi connectivity index (χ1v) is 12.4. The Kier molecular flexibility index (Phi) is 11.5. The van der Waals surface area contributed by atoms with Crippen molar-refractivity contribution in [2.24, 2.45) is 0 Å². The van der Waals surface area contributed by atoms with Crippen LogP contribution >= 0.6 is 0 Å². The number of aromatic nitrogens is 2. The molecule has 0 aliphatic carbocycles. The molecule has 2 rings (SSSR count). The number of aryl methyl sites for hydroxylation is 1. The van der Waals surface area contributed by atoms with Crippen molar-refractivity contribution in [1.29, 1.82) is 0 Å². The van der Waals surface area contributed by atoms with E-state index in [0.29, 0.717) is 5.89 Å². The van der Waals surface area contributed by atoms with Crippen LogP contribution in [0, 0.1) is 0 Å². The first-order chi connectivity index (χ1) is 15.0. The fraction of sp³-hybridized carbons (Fsp3) is 0.692. The molecular weight excluding hydrogens is 386 g/mol. The second-order valence-corrected chi connectivity index (χ2v) is 9.20. The average Bonchev–Trinajstić information content (AvgIpc) is 3.19. The molecule has 5 nitrogen and oxygen atoms in total. The lowest BCUT2D eigenvalue weighted by atomic mass is 10.0. The maximum absolute atomic E-state index is 6.11. The van der Waals surface area contributed by atoms with Crippen LogP contribution < -0.4 is 10.5 Å². The standard InChI is InChI=1S/C26H43N3O2/c1-4-5-6-7-8-9-10-11-12-13-14-15-16-18-22-19-17-20-23(21-22)31-26(2,3)24-28-29-25(27)30-24/h17,19-21H,4-16,18H2,1-3H3,(H2,27,29). The average molecular weight is 430 g/mol. The molecular formula is C26H43N3O2. The zero-order chi connectivity index (χ0) is 22.4. The van der Waals surface area contributed by atoms with E-state index in [2.05, 4.69) is 29.3 Å². The molecule has 2 N–H and O–H groups in total. The number of nitrogens with zero attached hydrogens (tertiary/aromatic N) is 2. The highest BCUT2D eigenvalue weighted by Crippen LogP contribution is 2.28. The van der Waals surface area contributed by atoms with E-state index in [0.717, 1.165) is 12.2 Å². The first kappa shape index (κ1) is 25.2. The molecule has 5 heteroatoms. The Morgan fingerprint density at radius 1 is 0.839 bits per heavy atom. The number of anilines is 1. The fourth-order valence-corrected chi connectivity index (χ4v) is 3.93. The Morgan fingerprint density at radius 2 is 1.42 bits per heavy atom. The summed E-state index contributed by atoms with van der Waals surface area (Å²) in [6, 6.07) is 8.36. The summed E-state index contributed by atoms with van der Waals surface area (Å²) in [5.74, 6) is 1.20. The smallest absolute Gasteiger partial charge is 0.312 e. The minimum Gasteiger partial charge on any atom is -0.478 e. The SMILES string of the molecule is CCCCCCCCCCCCCCCc1cccc(OC(C)(C)c2nnc(N)o2)c1. The van der Waals surface area contributed by atoms with Gasteiger partial charge in [0, 0.05) is 0 Å². The van der Waals surface area contributed by atoms with Crippen molar-refractivity contribution in [2.45, 2.75) is 116 Å². The third kappa shape index (κ3) is 10.2. The van der Waals surface area contributed by atoms with E-state index in [9.17, 15) is 0 Å². The predicted molar refractivity (Wildman–Crippen MR) is 128 cm³/mol. The largest absolute Gasteiger partial charge is 0.478 e. The van der Waals surface area contributed by atoms with E-state index in [1.54, 1.807) is 0 Å². The molecule has 0 radical (unpaired) electrons. The van der Waals surface area contributed by atoms with Crippen LogP contribution in [0.3, 0.4) is 0 Å². The molecule has 1 aromatic carbocycles. The molecule has 0 saturated heterocycles. The molecule has 174 valence electrons. The molecule has 0 bridgehead atoms. The number of hydrogen-bond acceptors (Lipinski definition) is 5. The summed E-state index contributed by atoms with van der Waals surface area (Å²) < 4.78 is 11.4. The monoisotopic (exact) mass is 429 g/mol. The third-order valence-electron chi connectivity index (χ3n) is 5.80. The number of benzene rings is 1. The summed E-state index contributed by atoms with van der Waals surface area (Å²) in [6.45, 7) is 6.08. The topological polar surface area (TPSA) is 74.2 Å². The highest BCUT2D eigenvalue weighted by atomic mass is 16.5. The Morgan fingerprint density at radius 3 is 1.97 bits per heavy atom. The molecule has 1 heterocycles. The van der Waals surface area contributed by atoms with Crippen molar-refractivity contribution in [3.05, 3.63) is 35.7 Å². The van der Waals surface area contributed by atoms with E-state index in [1.165, 1.54) is 89.0 Å². The lowest BCUT2D eigenvalue weighted by Crippen LogP contribution is -2.25. The molecule has 2 aromatic rings. The van der Waals surface area contributed by atoms with Gasteiger partial charge in [-0.2, -0.15) is 0 Å². The van der Waals surface area contributed by atoms with Crippen molar-refractivity contribution in [3.8, 4) is 5.75 Å². The number of unbranched alkanes of at least 4 members (excludes halogenated alkanes) is 12. The summed E-state index contributed by atoms with van der Waals surface area (Å²) in [5, 5.41) is 7.68. The van der Waals surface area contributed by atoms with Crippen LogP contribution in [0.2, 0.25) is 0 Å². The van der Waals surface area contributed by atoms with Crippen LogP contribution in [0.1, 0.15) is 116 Å². The number of ether oxygens (including phenoxy) is 1. The van der Waals surface area contributed by atoms with Gasteiger partial charge in [0.05, 0.1) is 0 Å². The molecule has 31 heavy (non-hydrogen) atoms. The van der Waals surface area contributed by atoms with Crippen molar-refractivity contribution < 1.29 is 9.15 Å². The third-order valence-corrected chi connectivity index (χ3v) is 5.80. The van der Waals surface area contributed by atoms with E-state index >= 15 is 0 Å². The number of hydrogen-bond donors (Lipinski definition) is 1. The minimum absolute atomic E-state index is 0.0582.